The number of morpholine rings is 1. The van der Waals surface area contributed by atoms with Gasteiger partial charge in [0, 0.05) is 32.6 Å². The summed E-state index contributed by atoms with van der Waals surface area (Å²) >= 11 is 0. The summed E-state index contributed by atoms with van der Waals surface area (Å²) in [6.07, 6.45) is -2.56. The molecular weight excluding hydrogens is 763 g/mol. The average Bonchev–Trinajstić information content (AvgIpc) is 3.56. The zero-order valence-electron chi connectivity index (χ0n) is 34.7. The van der Waals surface area contributed by atoms with Gasteiger partial charge in [0.25, 0.3) is 0 Å². The fourth-order valence-corrected chi connectivity index (χ4v) is 7.59. The van der Waals surface area contributed by atoms with E-state index in [9.17, 15) is 24.6 Å². The van der Waals surface area contributed by atoms with E-state index in [1.807, 2.05) is 130 Å². The first-order valence-electron chi connectivity index (χ1n) is 20.8. The average molecular weight is 822 g/mol. The van der Waals surface area contributed by atoms with E-state index in [0.717, 1.165) is 60.7 Å². The Bertz CT molecular complexity index is 1970. The van der Waals surface area contributed by atoms with Crippen molar-refractivity contribution in [3.63, 3.8) is 0 Å². The molecule has 6 N–H and O–H groups in total. The van der Waals surface area contributed by atoms with E-state index in [2.05, 4.69) is 26.2 Å². The Morgan fingerprint density at radius 3 is 2.15 bits per heavy atom. The third kappa shape index (κ3) is 12.6. The van der Waals surface area contributed by atoms with Crippen LogP contribution in [0.25, 0.3) is 0 Å². The highest BCUT2D eigenvalue weighted by Gasteiger charge is 2.40. The van der Waals surface area contributed by atoms with E-state index in [4.69, 9.17) is 14.2 Å². The van der Waals surface area contributed by atoms with Gasteiger partial charge < -0.3 is 40.4 Å². The Labute approximate surface area is 352 Å². The zero-order chi connectivity index (χ0) is 42.5. The molecule has 60 heavy (non-hydrogen) atoms. The number of aliphatic hydroxyl groups is 2. The second kappa shape index (κ2) is 21.3. The molecular formula is C47H59N5O8. The quantitative estimate of drug-likeness (QED) is 0.0861. The molecule has 0 radical (unpaired) electrons. The largest absolute Gasteiger partial charge is 0.492 e. The summed E-state index contributed by atoms with van der Waals surface area (Å²) in [6, 6.07) is 29.7. The van der Waals surface area contributed by atoms with Gasteiger partial charge in [-0.2, -0.15) is 0 Å². The molecule has 1 aliphatic carbocycles. The van der Waals surface area contributed by atoms with Crippen molar-refractivity contribution >= 4 is 17.9 Å². The van der Waals surface area contributed by atoms with Crippen LogP contribution in [0.3, 0.4) is 0 Å². The minimum absolute atomic E-state index is 0.0216. The molecule has 0 spiro atoms. The van der Waals surface area contributed by atoms with E-state index in [-0.39, 0.29) is 19.6 Å². The van der Waals surface area contributed by atoms with Crippen LogP contribution in [-0.2, 0) is 45.1 Å². The van der Waals surface area contributed by atoms with Crippen LogP contribution in [0, 0.1) is 5.41 Å². The molecule has 3 amide bonds. The van der Waals surface area contributed by atoms with Crippen LogP contribution in [-0.4, -0.2) is 103 Å². The number of fused-ring (bicyclic) bond motifs is 1. The number of rotatable bonds is 18. The van der Waals surface area contributed by atoms with E-state index >= 15 is 0 Å². The highest BCUT2D eigenvalue weighted by Crippen LogP contribution is 2.31. The molecule has 0 aromatic heterocycles. The van der Waals surface area contributed by atoms with Gasteiger partial charge in [-0.3, -0.25) is 19.8 Å². The molecule has 13 heteroatoms. The number of nitrogens with one attached hydrogen (secondary N) is 4. The molecule has 4 aromatic carbocycles. The van der Waals surface area contributed by atoms with Gasteiger partial charge in [0.1, 0.15) is 31.0 Å². The number of nitrogens with zero attached hydrogens (tertiary/aromatic N) is 1. The van der Waals surface area contributed by atoms with E-state index in [1.54, 1.807) is 0 Å². The van der Waals surface area contributed by atoms with Crippen molar-refractivity contribution in [2.45, 2.75) is 83.1 Å². The summed E-state index contributed by atoms with van der Waals surface area (Å²) in [5.41, 5.74) is 3.42. The van der Waals surface area contributed by atoms with E-state index in [1.165, 1.54) is 0 Å². The smallest absolute Gasteiger partial charge is 0.408 e. The maximum atomic E-state index is 14.4. The zero-order valence-corrected chi connectivity index (χ0v) is 34.7. The summed E-state index contributed by atoms with van der Waals surface area (Å²) in [5.74, 6) is -0.386. The number of benzene rings is 4. The van der Waals surface area contributed by atoms with Crippen LogP contribution in [0.4, 0.5) is 4.79 Å². The Morgan fingerprint density at radius 2 is 1.47 bits per heavy atom. The molecule has 1 aliphatic heterocycles. The molecule has 6 rings (SSSR count). The summed E-state index contributed by atoms with van der Waals surface area (Å²) in [5, 5.41) is 35.4. The van der Waals surface area contributed by atoms with Gasteiger partial charge in [-0.25, -0.2) is 4.79 Å². The highest BCUT2D eigenvalue weighted by molar-refractivity contribution is 5.87. The van der Waals surface area contributed by atoms with Crippen LogP contribution >= 0.6 is 0 Å². The van der Waals surface area contributed by atoms with E-state index in [0.29, 0.717) is 18.8 Å². The first kappa shape index (κ1) is 44.2. The predicted octanol–water partition coefficient (Wildman–Crippen LogP) is 4.06. The number of carbonyl (C=O) groups is 3. The molecule has 2 aliphatic rings. The van der Waals surface area contributed by atoms with Crippen molar-refractivity contribution in [2.75, 3.05) is 39.5 Å². The topological polar surface area (TPSA) is 171 Å². The maximum Gasteiger partial charge on any atom is 0.408 e. The summed E-state index contributed by atoms with van der Waals surface area (Å²) in [4.78, 5) is 44.1. The van der Waals surface area contributed by atoms with Crippen molar-refractivity contribution < 1.29 is 38.8 Å². The monoisotopic (exact) mass is 821 g/mol. The van der Waals surface area contributed by atoms with Crippen molar-refractivity contribution in [1.29, 1.82) is 0 Å². The normalized spacial score (nSPS) is 18.6. The second-order valence-electron chi connectivity index (χ2n) is 16.6. The summed E-state index contributed by atoms with van der Waals surface area (Å²) in [6.45, 7) is 10.2. The van der Waals surface area contributed by atoms with Gasteiger partial charge in [-0.1, -0.05) is 118 Å². The van der Waals surface area contributed by atoms with Crippen molar-refractivity contribution in [2.24, 2.45) is 5.41 Å². The van der Waals surface area contributed by atoms with Crippen molar-refractivity contribution in [3.05, 3.63) is 137 Å². The molecule has 1 saturated heterocycles. The Hall–Kier alpha value is -5.31. The fraction of sp³-hybridized carbons (Fsp3) is 0.426. The molecule has 1 fully saturated rings. The lowest BCUT2D eigenvalue weighted by atomic mass is 9.85. The number of alkyl carbamates (subject to hydrolysis) is 1. The third-order valence-electron chi connectivity index (χ3n) is 11.0. The van der Waals surface area contributed by atoms with Gasteiger partial charge >= 0.3 is 6.09 Å². The summed E-state index contributed by atoms with van der Waals surface area (Å²) in [7, 11) is 0. The number of hydrogen-bond acceptors (Lipinski definition) is 10. The second-order valence-corrected chi connectivity index (χ2v) is 16.6. The minimum atomic E-state index is -1.48. The molecule has 13 nitrogen and oxygen atoms in total. The van der Waals surface area contributed by atoms with Gasteiger partial charge in [-0.15, -0.1) is 0 Å². The molecule has 0 unspecified atom stereocenters. The van der Waals surface area contributed by atoms with Gasteiger partial charge in [0.05, 0.1) is 37.5 Å². The lowest BCUT2D eigenvalue weighted by molar-refractivity contribution is -0.131. The Kier molecular flexibility index (Phi) is 15.7. The molecule has 0 bridgehead atoms. The lowest BCUT2D eigenvalue weighted by Crippen LogP contribution is -2.62. The van der Waals surface area contributed by atoms with Crippen molar-refractivity contribution in [3.8, 4) is 5.75 Å². The fourth-order valence-electron chi connectivity index (χ4n) is 7.59. The number of amides is 3. The SMILES string of the molecule is CC(C)(C)[C@H](NC(=O)OCc1ccccc1)C(=O)N[C@@H](Cc1ccccc1)[C@@H](O)[C@@H](NCc1ccc(OCCN2CCOCC2)cc1)C(=O)N[C@H]1c2ccccc2C[C@H]1O. The standard InChI is InChI=1S/C47H59N5O8/c1-47(2,3)43(51-46(57)60-31-34-14-8-5-9-15-34)45(56)49-38(28-32-12-6-4-7-13-32)42(54)41(44(55)50-40-37-17-11-10-16-35(37)29-39(40)53)48-30-33-18-20-36(21-19-33)59-27-24-52-22-25-58-26-23-52/h4-21,38-43,48,53-54H,22-31H2,1-3H3,(H,49,56)(H,50,55)(H,51,57)/t38-,39+,40-,41+,42+,43+/m0/s1. The van der Waals surface area contributed by atoms with Crippen LogP contribution in [0.2, 0.25) is 0 Å². The van der Waals surface area contributed by atoms with Crippen LogP contribution in [0.1, 0.15) is 54.6 Å². The molecule has 6 atom stereocenters. The first-order valence-corrected chi connectivity index (χ1v) is 20.8. The number of carbonyl (C=O) groups excluding carboxylic acids is 3. The molecule has 0 saturated carbocycles. The number of hydrogen-bond donors (Lipinski definition) is 6. The van der Waals surface area contributed by atoms with Crippen LogP contribution in [0.15, 0.2) is 109 Å². The van der Waals surface area contributed by atoms with E-state index < -0.39 is 59.7 Å². The van der Waals surface area contributed by atoms with Crippen LogP contribution in [0.5, 0.6) is 5.75 Å². The van der Waals surface area contributed by atoms with Gasteiger partial charge in [-0.05, 0) is 51.8 Å². The highest BCUT2D eigenvalue weighted by atomic mass is 16.5. The Balaban J connectivity index is 1.20. The number of aliphatic hydroxyl groups excluding tert-OH is 2. The summed E-state index contributed by atoms with van der Waals surface area (Å²) < 4.78 is 16.9. The van der Waals surface area contributed by atoms with Gasteiger partial charge in [0.2, 0.25) is 11.8 Å². The molecule has 4 aromatic rings. The maximum absolute atomic E-state index is 14.4. The minimum Gasteiger partial charge on any atom is -0.492 e. The predicted molar refractivity (Wildman–Crippen MR) is 228 cm³/mol. The first-order chi connectivity index (χ1) is 28.9. The molecule has 1 heterocycles. The van der Waals surface area contributed by atoms with Crippen LogP contribution < -0.4 is 26.0 Å². The van der Waals surface area contributed by atoms with Crippen molar-refractivity contribution in [1.82, 2.24) is 26.2 Å². The third-order valence-corrected chi connectivity index (χ3v) is 11.0. The Morgan fingerprint density at radius 1 is 0.817 bits per heavy atom. The molecule has 320 valence electrons. The number of ether oxygens (including phenoxy) is 3. The van der Waals surface area contributed by atoms with Gasteiger partial charge in [0.15, 0.2) is 0 Å². The lowest BCUT2D eigenvalue weighted by Gasteiger charge is -2.35.